The van der Waals surface area contributed by atoms with Crippen LogP contribution in [0.1, 0.15) is 30.7 Å². The summed E-state index contributed by atoms with van der Waals surface area (Å²) in [5, 5.41) is 8.76. The topological polar surface area (TPSA) is 118 Å². The lowest BCUT2D eigenvalue weighted by Crippen LogP contribution is -2.47. The van der Waals surface area contributed by atoms with Crippen molar-refractivity contribution < 1.29 is 22.5 Å². The molecule has 0 aliphatic carbocycles. The second-order valence-electron chi connectivity index (χ2n) is 5.37. The molecule has 2 N–H and O–H groups in total. The number of nitrogens with zero attached hydrogens (tertiary/aromatic N) is 1. The Hall–Kier alpha value is -1.90. The fourth-order valence-corrected chi connectivity index (χ4v) is 3.42. The van der Waals surface area contributed by atoms with Gasteiger partial charge in [0.15, 0.2) is 15.6 Å². The Labute approximate surface area is 128 Å². The molecule has 1 aliphatic rings. The number of carbonyl (C=O) groups is 2. The average Bonchev–Trinajstić information content (AvgIpc) is 2.69. The van der Waals surface area contributed by atoms with Crippen LogP contribution in [0.15, 0.2) is 10.6 Å². The molecule has 0 saturated carbocycles. The molecule has 1 aliphatic heterocycles. The van der Waals surface area contributed by atoms with Crippen LogP contribution >= 0.6 is 0 Å². The molecule has 0 radical (unpaired) electrons. The molecule has 2 rings (SSSR count). The number of rotatable bonds is 5. The maximum absolute atomic E-state index is 12.0. The van der Waals surface area contributed by atoms with Gasteiger partial charge in [-0.05, 0) is 26.2 Å². The summed E-state index contributed by atoms with van der Waals surface area (Å²) in [5.41, 5.74) is 0.574. The molecule has 22 heavy (non-hydrogen) atoms. The fourth-order valence-electron chi connectivity index (χ4n) is 2.26. The van der Waals surface area contributed by atoms with Gasteiger partial charge >= 0.3 is 0 Å². The van der Waals surface area contributed by atoms with Crippen LogP contribution in [-0.4, -0.2) is 43.7 Å². The fraction of sp³-hybridized carbons (Fsp3) is 0.615. The Morgan fingerprint density at radius 1 is 1.50 bits per heavy atom. The third kappa shape index (κ3) is 4.83. The summed E-state index contributed by atoms with van der Waals surface area (Å²) in [5.74, 6) is -1.83. The molecule has 0 aromatic carbocycles. The monoisotopic (exact) mass is 329 g/mol. The minimum atomic E-state index is -3.68. The van der Waals surface area contributed by atoms with Crippen LogP contribution in [0.5, 0.6) is 0 Å². The zero-order valence-corrected chi connectivity index (χ0v) is 13.1. The number of nitrogens with one attached hydrogen (secondary N) is 2. The lowest BCUT2D eigenvalue weighted by molar-refractivity contribution is -0.127. The van der Waals surface area contributed by atoms with Crippen LogP contribution in [0.3, 0.4) is 0 Å². The van der Waals surface area contributed by atoms with Crippen molar-refractivity contribution in [3.8, 4) is 0 Å². The number of carbonyl (C=O) groups excluding carboxylic acids is 2. The maximum atomic E-state index is 12.0. The number of aryl methyl sites for hydroxylation is 1. The van der Waals surface area contributed by atoms with E-state index in [1.165, 1.54) is 6.07 Å². The van der Waals surface area contributed by atoms with E-state index < -0.39 is 33.3 Å². The Balaban J connectivity index is 1.91. The van der Waals surface area contributed by atoms with Gasteiger partial charge in [-0.15, -0.1) is 0 Å². The number of hydrogen-bond acceptors (Lipinski definition) is 6. The Kier molecular flexibility index (Phi) is 5.17. The maximum Gasteiger partial charge on any atom is 0.242 e. The Morgan fingerprint density at radius 3 is 2.95 bits per heavy atom. The lowest BCUT2D eigenvalue weighted by atomic mass is 10.1. The van der Waals surface area contributed by atoms with Gasteiger partial charge in [0.1, 0.15) is 17.5 Å². The molecule has 2 amide bonds. The van der Waals surface area contributed by atoms with E-state index in [-0.39, 0.29) is 11.7 Å². The minimum absolute atomic E-state index is 0.192. The van der Waals surface area contributed by atoms with Crippen molar-refractivity contribution in [2.75, 3.05) is 12.3 Å². The molecule has 122 valence electrons. The number of aromatic nitrogens is 1. The third-order valence-electron chi connectivity index (χ3n) is 3.26. The van der Waals surface area contributed by atoms with Gasteiger partial charge in [-0.25, -0.2) is 8.42 Å². The van der Waals surface area contributed by atoms with Gasteiger partial charge < -0.3 is 15.2 Å². The van der Waals surface area contributed by atoms with E-state index in [2.05, 4.69) is 15.8 Å². The van der Waals surface area contributed by atoms with Gasteiger partial charge in [-0.1, -0.05) is 5.16 Å². The summed E-state index contributed by atoms with van der Waals surface area (Å²) in [7, 11) is -3.68. The molecule has 1 atom stereocenters. The highest BCUT2D eigenvalue weighted by molar-refractivity contribution is 7.91. The largest absolute Gasteiger partial charge is 0.360 e. The highest BCUT2D eigenvalue weighted by Crippen LogP contribution is 2.09. The second kappa shape index (κ2) is 6.91. The summed E-state index contributed by atoms with van der Waals surface area (Å²) in [6.45, 7) is 2.26. The van der Waals surface area contributed by atoms with E-state index in [0.717, 1.165) is 12.8 Å². The summed E-state index contributed by atoms with van der Waals surface area (Å²) in [6.07, 6.45) is 2.16. The molecule has 1 aromatic rings. The zero-order chi connectivity index (χ0) is 16.2. The van der Waals surface area contributed by atoms with E-state index in [1.807, 2.05) is 0 Å². The average molecular weight is 329 g/mol. The molecule has 1 unspecified atom stereocenters. The molecular formula is C13H19N3O5S. The van der Waals surface area contributed by atoms with Crippen LogP contribution in [0, 0.1) is 6.92 Å². The summed E-state index contributed by atoms with van der Waals surface area (Å²) in [4.78, 5) is 23.6. The molecular weight excluding hydrogens is 310 g/mol. The van der Waals surface area contributed by atoms with Crippen molar-refractivity contribution in [3.63, 3.8) is 0 Å². The second-order valence-corrected chi connectivity index (χ2v) is 7.44. The first-order chi connectivity index (χ1) is 10.4. The van der Waals surface area contributed by atoms with Crippen molar-refractivity contribution in [3.05, 3.63) is 17.5 Å². The van der Waals surface area contributed by atoms with Crippen molar-refractivity contribution in [1.82, 2.24) is 15.8 Å². The van der Waals surface area contributed by atoms with Gasteiger partial charge in [-0.3, -0.25) is 9.59 Å². The molecule has 8 nitrogen and oxygen atoms in total. The summed E-state index contributed by atoms with van der Waals surface area (Å²) < 4.78 is 28.8. The SMILES string of the molecule is Cc1cc(CS(=O)(=O)CC(=O)NC2CCCCNC2=O)on1. The Bertz CT molecular complexity index is 652. The van der Waals surface area contributed by atoms with Crippen molar-refractivity contribution in [1.29, 1.82) is 0 Å². The predicted molar refractivity (Wildman–Crippen MR) is 77.5 cm³/mol. The molecule has 0 bridgehead atoms. The third-order valence-corrected chi connectivity index (χ3v) is 4.69. The van der Waals surface area contributed by atoms with Crippen molar-refractivity contribution in [2.45, 2.75) is 38.0 Å². The summed E-state index contributed by atoms with van der Waals surface area (Å²) >= 11 is 0. The van der Waals surface area contributed by atoms with Gasteiger partial charge in [-0.2, -0.15) is 0 Å². The van der Waals surface area contributed by atoms with E-state index in [0.29, 0.717) is 18.7 Å². The van der Waals surface area contributed by atoms with Gasteiger partial charge in [0.05, 0.1) is 5.69 Å². The highest BCUT2D eigenvalue weighted by atomic mass is 32.2. The zero-order valence-electron chi connectivity index (χ0n) is 12.3. The van der Waals surface area contributed by atoms with Crippen LogP contribution < -0.4 is 10.6 Å². The summed E-state index contributed by atoms with van der Waals surface area (Å²) in [6, 6.07) is 0.839. The molecule has 1 saturated heterocycles. The molecule has 9 heteroatoms. The van der Waals surface area contributed by atoms with Crippen LogP contribution in [0.2, 0.25) is 0 Å². The first-order valence-electron chi connectivity index (χ1n) is 7.05. The number of sulfone groups is 1. The van der Waals surface area contributed by atoms with Crippen LogP contribution in [0.25, 0.3) is 0 Å². The van der Waals surface area contributed by atoms with E-state index >= 15 is 0 Å². The van der Waals surface area contributed by atoms with Crippen LogP contribution in [-0.2, 0) is 25.2 Å². The first-order valence-corrected chi connectivity index (χ1v) is 8.87. The minimum Gasteiger partial charge on any atom is -0.360 e. The van der Waals surface area contributed by atoms with Gasteiger partial charge in [0.25, 0.3) is 0 Å². The van der Waals surface area contributed by atoms with E-state index in [1.54, 1.807) is 6.92 Å². The predicted octanol–water partition coefficient (Wildman–Crippen LogP) is -0.317. The van der Waals surface area contributed by atoms with E-state index in [9.17, 15) is 18.0 Å². The molecule has 0 spiro atoms. The molecule has 1 aromatic heterocycles. The van der Waals surface area contributed by atoms with Gasteiger partial charge in [0, 0.05) is 12.6 Å². The van der Waals surface area contributed by atoms with Crippen molar-refractivity contribution in [2.24, 2.45) is 0 Å². The van der Waals surface area contributed by atoms with E-state index in [4.69, 9.17) is 4.52 Å². The first kappa shape index (κ1) is 16.5. The smallest absolute Gasteiger partial charge is 0.242 e. The number of hydrogen-bond donors (Lipinski definition) is 2. The molecule has 1 fully saturated rings. The van der Waals surface area contributed by atoms with Gasteiger partial charge in [0.2, 0.25) is 11.8 Å². The highest BCUT2D eigenvalue weighted by Gasteiger charge is 2.25. The number of amides is 2. The Morgan fingerprint density at radius 2 is 2.27 bits per heavy atom. The molecule has 2 heterocycles. The lowest BCUT2D eigenvalue weighted by Gasteiger charge is -2.15. The van der Waals surface area contributed by atoms with Crippen LogP contribution in [0.4, 0.5) is 0 Å². The normalized spacial score (nSPS) is 19.3. The standard InChI is InChI=1S/C13H19N3O5S/c1-9-6-10(21-16-9)7-22(19,20)8-12(17)15-11-4-2-3-5-14-13(11)18/h6,11H,2-5,7-8H2,1H3,(H,14,18)(H,15,17). The van der Waals surface area contributed by atoms with Crippen molar-refractivity contribution >= 4 is 21.7 Å². The quantitative estimate of drug-likeness (QED) is 0.764.